The average molecular weight is 498 g/mol. The zero-order valence-corrected chi connectivity index (χ0v) is 21.9. The fourth-order valence-electron chi connectivity index (χ4n) is 4.93. The summed E-state index contributed by atoms with van der Waals surface area (Å²) >= 11 is 0. The molecule has 1 aliphatic rings. The highest BCUT2D eigenvalue weighted by Crippen LogP contribution is 2.51. The molecular weight excluding hydrogens is 466 g/mol. The highest BCUT2D eigenvalue weighted by Gasteiger charge is 2.41. The first-order valence-electron chi connectivity index (χ1n) is 12.3. The fourth-order valence-corrected chi connectivity index (χ4v) is 4.93. The third-order valence-electron chi connectivity index (χ3n) is 6.58. The Morgan fingerprint density at radius 2 is 1.89 bits per heavy atom. The standard InChI is InChI=1S/C30H31N3O4/c1-6-33-20(4)25(30(34)37-18-21-11-9-8-10-12-21)26(23-14-13-22(16-31)15-24(23)35-5)27-28(33)19(3)17-32-29(27)36-7-2/h8-15,17,26H,6-7,18H2,1-5H3. The van der Waals surface area contributed by atoms with Crippen LogP contribution in [0.3, 0.4) is 0 Å². The molecule has 0 N–H and O–H groups in total. The smallest absolute Gasteiger partial charge is 0.337 e. The number of hydrogen-bond donors (Lipinski definition) is 0. The Balaban J connectivity index is 1.95. The van der Waals surface area contributed by atoms with E-state index in [0.717, 1.165) is 33.6 Å². The zero-order chi connectivity index (χ0) is 26.5. The maximum Gasteiger partial charge on any atom is 0.337 e. The van der Waals surface area contributed by atoms with E-state index in [0.29, 0.717) is 35.9 Å². The molecule has 3 aromatic rings. The van der Waals surface area contributed by atoms with Crippen molar-refractivity contribution in [2.45, 2.75) is 40.2 Å². The summed E-state index contributed by atoms with van der Waals surface area (Å²) in [6.45, 7) is 9.10. The SMILES string of the molecule is CCOc1ncc(C)c2c1C(c1ccc(C#N)cc1OC)C(C(=O)OCc1ccccc1)=C(C)N2CC. The van der Waals surface area contributed by atoms with Crippen molar-refractivity contribution in [3.05, 3.63) is 93.8 Å². The van der Waals surface area contributed by atoms with Crippen LogP contribution in [-0.4, -0.2) is 31.2 Å². The second kappa shape index (κ2) is 11.2. The number of nitriles is 1. The Kier molecular flexibility index (Phi) is 7.78. The number of hydrogen-bond acceptors (Lipinski definition) is 7. The lowest BCUT2D eigenvalue weighted by molar-refractivity contribution is -0.140. The van der Waals surface area contributed by atoms with Gasteiger partial charge in [-0.15, -0.1) is 0 Å². The minimum absolute atomic E-state index is 0.150. The van der Waals surface area contributed by atoms with Gasteiger partial charge in [-0.05, 0) is 51.0 Å². The van der Waals surface area contributed by atoms with Crippen molar-refractivity contribution in [1.82, 2.24) is 4.98 Å². The summed E-state index contributed by atoms with van der Waals surface area (Å²) in [4.78, 5) is 20.6. The van der Waals surface area contributed by atoms with Gasteiger partial charge in [0.1, 0.15) is 12.4 Å². The van der Waals surface area contributed by atoms with Crippen molar-refractivity contribution in [3.8, 4) is 17.7 Å². The number of fused-ring (bicyclic) bond motifs is 1. The number of methoxy groups -OCH3 is 1. The van der Waals surface area contributed by atoms with Crippen LogP contribution >= 0.6 is 0 Å². The van der Waals surface area contributed by atoms with Gasteiger partial charge < -0.3 is 19.1 Å². The number of rotatable bonds is 8. The van der Waals surface area contributed by atoms with E-state index in [2.05, 4.69) is 16.0 Å². The Hall–Kier alpha value is -4.31. The lowest BCUT2D eigenvalue weighted by atomic mass is 9.79. The van der Waals surface area contributed by atoms with Gasteiger partial charge in [0.25, 0.3) is 0 Å². The van der Waals surface area contributed by atoms with Gasteiger partial charge in [-0.25, -0.2) is 9.78 Å². The number of aromatic nitrogens is 1. The Morgan fingerprint density at radius 3 is 2.54 bits per heavy atom. The zero-order valence-electron chi connectivity index (χ0n) is 21.9. The Labute approximate surface area is 217 Å². The second-order valence-electron chi connectivity index (χ2n) is 8.75. The molecule has 1 unspecified atom stereocenters. The Bertz CT molecular complexity index is 1380. The van der Waals surface area contributed by atoms with E-state index in [1.807, 2.05) is 64.1 Å². The molecule has 0 amide bonds. The molecule has 0 saturated heterocycles. The highest BCUT2D eigenvalue weighted by atomic mass is 16.5. The number of aryl methyl sites for hydroxylation is 1. The van der Waals surface area contributed by atoms with E-state index < -0.39 is 11.9 Å². The monoisotopic (exact) mass is 497 g/mol. The van der Waals surface area contributed by atoms with Crippen molar-refractivity contribution >= 4 is 11.7 Å². The quantitative estimate of drug-likeness (QED) is 0.371. The maximum atomic E-state index is 13.9. The molecule has 0 fully saturated rings. The highest BCUT2D eigenvalue weighted by molar-refractivity contribution is 5.96. The van der Waals surface area contributed by atoms with Crippen LogP contribution in [0.1, 0.15) is 54.5 Å². The number of nitrogens with zero attached hydrogens (tertiary/aromatic N) is 3. The minimum Gasteiger partial charge on any atom is -0.496 e. The van der Waals surface area contributed by atoms with E-state index in [9.17, 15) is 10.1 Å². The molecule has 0 saturated carbocycles. The lowest BCUT2D eigenvalue weighted by Crippen LogP contribution is -2.34. The third kappa shape index (κ3) is 4.88. The molecule has 0 bridgehead atoms. The normalized spacial score (nSPS) is 14.6. The van der Waals surface area contributed by atoms with E-state index in [1.165, 1.54) is 0 Å². The second-order valence-corrected chi connectivity index (χ2v) is 8.75. The van der Waals surface area contributed by atoms with Crippen LogP contribution in [0.15, 0.2) is 66.0 Å². The number of ether oxygens (including phenoxy) is 3. The summed E-state index contributed by atoms with van der Waals surface area (Å²) in [7, 11) is 1.56. The first-order chi connectivity index (χ1) is 17.9. The lowest BCUT2D eigenvalue weighted by Gasteiger charge is -2.39. The molecule has 7 heteroatoms. The van der Waals surface area contributed by atoms with Crippen LogP contribution < -0.4 is 14.4 Å². The topological polar surface area (TPSA) is 84.7 Å². The molecule has 7 nitrogen and oxygen atoms in total. The molecule has 190 valence electrons. The number of carbonyl (C=O) groups is 1. The molecule has 4 rings (SSSR count). The van der Waals surface area contributed by atoms with Gasteiger partial charge in [0.15, 0.2) is 0 Å². The van der Waals surface area contributed by atoms with Gasteiger partial charge in [0.05, 0.1) is 48.1 Å². The molecule has 2 aromatic carbocycles. The molecule has 1 aromatic heterocycles. The molecule has 2 heterocycles. The molecule has 0 spiro atoms. The van der Waals surface area contributed by atoms with Gasteiger partial charge in [-0.1, -0.05) is 36.4 Å². The molecular formula is C30H31N3O4. The van der Waals surface area contributed by atoms with Gasteiger partial charge in [0.2, 0.25) is 5.88 Å². The van der Waals surface area contributed by atoms with E-state index in [4.69, 9.17) is 14.2 Å². The number of esters is 1. The van der Waals surface area contributed by atoms with E-state index in [-0.39, 0.29) is 6.61 Å². The predicted molar refractivity (Wildman–Crippen MR) is 142 cm³/mol. The maximum absolute atomic E-state index is 13.9. The van der Waals surface area contributed by atoms with Crippen LogP contribution in [0.4, 0.5) is 5.69 Å². The molecule has 0 aliphatic carbocycles. The van der Waals surface area contributed by atoms with E-state index in [1.54, 1.807) is 25.4 Å². The van der Waals surface area contributed by atoms with Crippen LogP contribution in [0.5, 0.6) is 11.6 Å². The third-order valence-corrected chi connectivity index (χ3v) is 6.58. The number of anilines is 1. The molecule has 0 radical (unpaired) electrons. The van der Waals surface area contributed by atoms with Gasteiger partial charge in [-0.2, -0.15) is 5.26 Å². The van der Waals surface area contributed by atoms with Crippen molar-refractivity contribution in [3.63, 3.8) is 0 Å². The predicted octanol–water partition coefficient (Wildman–Crippen LogP) is 5.66. The molecule has 1 aliphatic heterocycles. The first kappa shape index (κ1) is 25.8. The van der Waals surface area contributed by atoms with Crippen LogP contribution in [0.25, 0.3) is 0 Å². The summed E-state index contributed by atoms with van der Waals surface area (Å²) in [6.07, 6.45) is 1.80. The summed E-state index contributed by atoms with van der Waals surface area (Å²) < 4.78 is 17.6. The van der Waals surface area contributed by atoms with Crippen molar-refractivity contribution < 1.29 is 19.0 Å². The van der Waals surface area contributed by atoms with E-state index >= 15 is 0 Å². The van der Waals surface area contributed by atoms with Crippen molar-refractivity contribution in [2.75, 3.05) is 25.2 Å². The number of pyridine rings is 1. The molecule has 37 heavy (non-hydrogen) atoms. The average Bonchev–Trinajstić information content (AvgIpc) is 2.93. The van der Waals surface area contributed by atoms with Gasteiger partial charge in [0, 0.05) is 24.0 Å². The van der Waals surface area contributed by atoms with Crippen molar-refractivity contribution in [1.29, 1.82) is 5.26 Å². The number of allylic oxidation sites excluding steroid dienone is 1. The van der Waals surface area contributed by atoms with Gasteiger partial charge in [-0.3, -0.25) is 0 Å². The summed E-state index contributed by atoms with van der Waals surface area (Å²) in [5.74, 6) is -0.0348. The van der Waals surface area contributed by atoms with Crippen LogP contribution in [0, 0.1) is 18.3 Å². The first-order valence-corrected chi connectivity index (χ1v) is 12.3. The minimum atomic E-state index is -0.572. The summed E-state index contributed by atoms with van der Waals surface area (Å²) in [5, 5.41) is 9.47. The largest absolute Gasteiger partial charge is 0.496 e. The molecule has 1 atom stereocenters. The van der Waals surface area contributed by atoms with Crippen LogP contribution in [-0.2, 0) is 16.1 Å². The van der Waals surface area contributed by atoms with Gasteiger partial charge >= 0.3 is 5.97 Å². The number of carbonyl (C=O) groups excluding carboxylic acids is 1. The fraction of sp³-hybridized carbons (Fsp3) is 0.300. The summed E-state index contributed by atoms with van der Waals surface area (Å²) in [5.41, 5.74) is 6.08. The van der Waals surface area contributed by atoms with Crippen molar-refractivity contribution in [2.24, 2.45) is 0 Å². The Morgan fingerprint density at radius 1 is 1.14 bits per heavy atom. The summed E-state index contributed by atoms with van der Waals surface area (Å²) in [6, 6.07) is 17.0. The number of benzene rings is 2. The van der Waals surface area contributed by atoms with Crippen LogP contribution in [0.2, 0.25) is 0 Å².